The molecule has 0 aliphatic carbocycles. The number of rotatable bonds is 5. The third-order valence-electron chi connectivity index (χ3n) is 2.87. The molecule has 0 radical (unpaired) electrons. The van der Waals surface area contributed by atoms with E-state index in [0.29, 0.717) is 16.3 Å². The number of carbonyl (C=O) groups excluding carboxylic acids is 1. The van der Waals surface area contributed by atoms with Gasteiger partial charge in [-0.15, -0.1) is 0 Å². The van der Waals surface area contributed by atoms with Crippen LogP contribution in [0.5, 0.6) is 11.5 Å². The van der Waals surface area contributed by atoms with E-state index >= 15 is 0 Å². The molecule has 0 amide bonds. The highest BCUT2D eigenvalue weighted by molar-refractivity contribution is 6.30. The summed E-state index contributed by atoms with van der Waals surface area (Å²) in [6, 6.07) is 13.9. The molecule has 0 aliphatic rings. The van der Waals surface area contributed by atoms with Gasteiger partial charge in [-0.25, -0.2) is 0 Å². The topological polar surface area (TPSA) is 35.5 Å². The summed E-state index contributed by atoms with van der Waals surface area (Å²) in [4.78, 5) is 12.2. The molecule has 0 spiro atoms. The Morgan fingerprint density at radius 1 is 1.00 bits per heavy atom. The van der Waals surface area contributed by atoms with Gasteiger partial charge < -0.3 is 9.47 Å². The number of ketones is 1. The van der Waals surface area contributed by atoms with Gasteiger partial charge in [-0.05, 0) is 55.5 Å². The van der Waals surface area contributed by atoms with Crippen LogP contribution in [0.2, 0.25) is 5.02 Å². The van der Waals surface area contributed by atoms with E-state index in [1.165, 1.54) is 0 Å². The van der Waals surface area contributed by atoms with Crippen molar-refractivity contribution in [3.63, 3.8) is 0 Å². The third-order valence-corrected chi connectivity index (χ3v) is 3.12. The van der Waals surface area contributed by atoms with Crippen LogP contribution >= 0.6 is 11.6 Å². The van der Waals surface area contributed by atoms with Gasteiger partial charge in [0.2, 0.25) is 5.78 Å². The summed E-state index contributed by atoms with van der Waals surface area (Å²) in [6.07, 6.45) is -0.565. The summed E-state index contributed by atoms with van der Waals surface area (Å²) in [6.45, 7) is 1.72. The van der Waals surface area contributed by atoms with E-state index in [9.17, 15) is 4.79 Å². The lowest BCUT2D eigenvalue weighted by Crippen LogP contribution is -2.23. The lowest BCUT2D eigenvalue weighted by Gasteiger charge is -2.14. The van der Waals surface area contributed by atoms with E-state index in [1.807, 2.05) is 0 Å². The first-order valence-electron chi connectivity index (χ1n) is 6.20. The maximum atomic E-state index is 12.2. The van der Waals surface area contributed by atoms with Crippen molar-refractivity contribution < 1.29 is 14.3 Å². The highest BCUT2D eigenvalue weighted by Crippen LogP contribution is 2.19. The molecule has 4 heteroatoms. The quantitative estimate of drug-likeness (QED) is 0.781. The number of carbonyl (C=O) groups is 1. The van der Waals surface area contributed by atoms with Crippen LogP contribution in [0.25, 0.3) is 0 Å². The van der Waals surface area contributed by atoms with Crippen LogP contribution in [0.4, 0.5) is 0 Å². The monoisotopic (exact) mass is 290 g/mol. The van der Waals surface area contributed by atoms with Gasteiger partial charge in [0.15, 0.2) is 6.10 Å². The van der Waals surface area contributed by atoms with Crippen molar-refractivity contribution >= 4 is 17.4 Å². The van der Waals surface area contributed by atoms with Crippen molar-refractivity contribution in [3.8, 4) is 11.5 Å². The van der Waals surface area contributed by atoms with Gasteiger partial charge in [0.05, 0.1) is 7.11 Å². The van der Waals surface area contributed by atoms with Crippen LogP contribution in [0, 0.1) is 0 Å². The summed E-state index contributed by atoms with van der Waals surface area (Å²) in [5.74, 6) is 1.28. The Morgan fingerprint density at radius 3 is 2.10 bits per heavy atom. The van der Waals surface area contributed by atoms with E-state index in [2.05, 4.69) is 0 Å². The molecule has 2 aromatic rings. The van der Waals surface area contributed by atoms with Crippen LogP contribution in [0.1, 0.15) is 17.3 Å². The van der Waals surface area contributed by atoms with Crippen molar-refractivity contribution in [2.75, 3.05) is 7.11 Å². The molecule has 1 unspecified atom stereocenters. The third kappa shape index (κ3) is 3.52. The van der Waals surface area contributed by atoms with Gasteiger partial charge >= 0.3 is 0 Å². The van der Waals surface area contributed by atoms with Crippen molar-refractivity contribution in [1.29, 1.82) is 0 Å². The molecule has 104 valence electrons. The Bertz CT molecular complexity index is 576. The molecule has 2 rings (SSSR count). The molecule has 20 heavy (non-hydrogen) atoms. The molecule has 0 N–H and O–H groups in total. The predicted octanol–water partition coefficient (Wildman–Crippen LogP) is 4.00. The molecule has 0 aliphatic heterocycles. The summed E-state index contributed by atoms with van der Waals surface area (Å²) < 4.78 is 10.7. The molecule has 0 heterocycles. The van der Waals surface area contributed by atoms with Gasteiger partial charge in [-0.1, -0.05) is 11.6 Å². The summed E-state index contributed by atoms with van der Waals surface area (Å²) in [5.41, 5.74) is 0.579. The second kappa shape index (κ2) is 6.44. The number of halogens is 1. The zero-order valence-corrected chi connectivity index (χ0v) is 12.1. The van der Waals surface area contributed by atoms with Gasteiger partial charge in [0.1, 0.15) is 11.5 Å². The first-order chi connectivity index (χ1) is 9.60. The Morgan fingerprint density at radius 2 is 1.55 bits per heavy atom. The van der Waals surface area contributed by atoms with Gasteiger partial charge in [-0.3, -0.25) is 4.79 Å². The molecular formula is C16H15ClO3. The van der Waals surface area contributed by atoms with Gasteiger partial charge in [0.25, 0.3) is 0 Å². The first kappa shape index (κ1) is 14.4. The summed E-state index contributed by atoms with van der Waals surface area (Å²) in [5, 5.41) is 0.602. The fraction of sp³-hybridized carbons (Fsp3) is 0.188. The molecule has 0 fully saturated rings. The summed E-state index contributed by atoms with van der Waals surface area (Å²) >= 11 is 5.80. The lowest BCUT2D eigenvalue weighted by atomic mass is 10.1. The van der Waals surface area contributed by atoms with Crippen LogP contribution in [0.15, 0.2) is 48.5 Å². The van der Waals surface area contributed by atoms with E-state index in [4.69, 9.17) is 21.1 Å². The van der Waals surface area contributed by atoms with Crippen molar-refractivity contribution in [3.05, 3.63) is 59.1 Å². The molecule has 3 nitrogen and oxygen atoms in total. The molecule has 0 saturated carbocycles. The molecule has 0 saturated heterocycles. The molecule has 2 aromatic carbocycles. The van der Waals surface area contributed by atoms with E-state index < -0.39 is 6.10 Å². The standard InChI is InChI=1S/C16H15ClO3/c1-11(16(18)12-3-5-13(17)6-4-12)20-15-9-7-14(19-2)8-10-15/h3-11H,1-2H3. The number of ether oxygens (including phenoxy) is 2. The maximum Gasteiger partial charge on any atom is 0.202 e. The maximum absolute atomic E-state index is 12.2. The average Bonchev–Trinajstić information content (AvgIpc) is 2.48. The minimum absolute atomic E-state index is 0.0857. The SMILES string of the molecule is COc1ccc(OC(C)C(=O)c2ccc(Cl)cc2)cc1. The van der Waals surface area contributed by atoms with E-state index in [0.717, 1.165) is 5.75 Å². The number of methoxy groups -OCH3 is 1. The van der Waals surface area contributed by atoms with Gasteiger partial charge in [-0.2, -0.15) is 0 Å². The van der Waals surface area contributed by atoms with Crippen molar-refractivity contribution in [2.24, 2.45) is 0 Å². The lowest BCUT2D eigenvalue weighted by molar-refractivity contribution is 0.0818. The molecule has 1 atom stereocenters. The molecule has 0 aromatic heterocycles. The van der Waals surface area contributed by atoms with E-state index in [-0.39, 0.29) is 5.78 Å². The van der Waals surface area contributed by atoms with Crippen molar-refractivity contribution in [1.82, 2.24) is 0 Å². The molecular weight excluding hydrogens is 276 g/mol. The largest absolute Gasteiger partial charge is 0.497 e. The number of benzene rings is 2. The zero-order chi connectivity index (χ0) is 14.5. The molecule has 0 bridgehead atoms. The number of hydrogen-bond donors (Lipinski definition) is 0. The Kier molecular flexibility index (Phi) is 4.64. The number of hydrogen-bond acceptors (Lipinski definition) is 3. The smallest absolute Gasteiger partial charge is 0.202 e. The second-order valence-corrected chi connectivity index (χ2v) is 4.74. The Labute approximate surface area is 123 Å². The second-order valence-electron chi connectivity index (χ2n) is 4.31. The average molecular weight is 291 g/mol. The van der Waals surface area contributed by atoms with Crippen LogP contribution < -0.4 is 9.47 Å². The number of Topliss-reactive ketones (excluding diaryl/α,β-unsaturated/α-hetero) is 1. The highest BCUT2D eigenvalue weighted by Gasteiger charge is 2.16. The normalized spacial score (nSPS) is 11.8. The fourth-order valence-corrected chi connectivity index (χ4v) is 1.89. The van der Waals surface area contributed by atoms with Gasteiger partial charge in [0, 0.05) is 10.6 Å². The van der Waals surface area contributed by atoms with Crippen LogP contribution in [-0.2, 0) is 0 Å². The first-order valence-corrected chi connectivity index (χ1v) is 6.58. The predicted molar refractivity (Wildman–Crippen MR) is 78.9 cm³/mol. The Hall–Kier alpha value is -2.00. The van der Waals surface area contributed by atoms with Crippen molar-refractivity contribution in [2.45, 2.75) is 13.0 Å². The minimum Gasteiger partial charge on any atom is -0.497 e. The van der Waals surface area contributed by atoms with Crippen LogP contribution in [0.3, 0.4) is 0 Å². The Balaban J connectivity index is 2.04. The van der Waals surface area contributed by atoms with Crippen LogP contribution in [-0.4, -0.2) is 19.0 Å². The zero-order valence-electron chi connectivity index (χ0n) is 11.3. The minimum atomic E-state index is -0.565. The highest BCUT2D eigenvalue weighted by atomic mass is 35.5. The summed E-state index contributed by atoms with van der Waals surface area (Å²) in [7, 11) is 1.60. The fourth-order valence-electron chi connectivity index (χ4n) is 1.76. The van der Waals surface area contributed by atoms with E-state index in [1.54, 1.807) is 62.6 Å².